The van der Waals surface area contributed by atoms with Crippen molar-refractivity contribution in [3.05, 3.63) is 0 Å². The van der Waals surface area contributed by atoms with Crippen LogP contribution in [-0.4, -0.2) is 72.9 Å². The van der Waals surface area contributed by atoms with Crippen molar-refractivity contribution in [3.63, 3.8) is 0 Å². The zero-order valence-corrected chi connectivity index (χ0v) is 13.4. The lowest BCUT2D eigenvalue weighted by molar-refractivity contribution is -0.128. The average Bonchev–Trinajstić information content (AvgIpc) is 2.78. The molecule has 0 radical (unpaired) electrons. The fourth-order valence-electron chi connectivity index (χ4n) is 3.53. The summed E-state index contributed by atoms with van der Waals surface area (Å²) in [5.41, 5.74) is 0. The monoisotopic (exact) mass is 330 g/mol. The molecule has 0 unspecified atom stereocenters. The molecule has 0 aromatic carbocycles. The third-order valence-corrected chi connectivity index (χ3v) is 4.95. The van der Waals surface area contributed by atoms with Gasteiger partial charge in [0, 0.05) is 33.1 Å². The number of rotatable bonds is 4. The number of carbonyl (C=O) groups is 2. The molecule has 124 valence electrons. The van der Waals surface area contributed by atoms with E-state index in [4.69, 9.17) is 9.02 Å². The number of thiol groups is 1. The van der Waals surface area contributed by atoms with Crippen LogP contribution in [0.15, 0.2) is 0 Å². The molecule has 8 nitrogen and oxygen atoms in total. The van der Waals surface area contributed by atoms with Gasteiger partial charge < -0.3 is 20.3 Å². The topological polar surface area (TPSA) is 83.1 Å². The first kappa shape index (κ1) is 15.9. The highest BCUT2D eigenvalue weighted by atomic mass is 32.1. The number of methoxy groups -OCH3 is 1. The summed E-state index contributed by atoms with van der Waals surface area (Å²) in [6, 6.07) is -0.762. The van der Waals surface area contributed by atoms with Gasteiger partial charge in [0.2, 0.25) is 5.91 Å². The van der Waals surface area contributed by atoms with Crippen LogP contribution in [0.4, 0.5) is 4.79 Å². The van der Waals surface area contributed by atoms with Crippen LogP contribution >= 0.6 is 12.9 Å². The molecule has 0 spiro atoms. The van der Waals surface area contributed by atoms with Crippen molar-refractivity contribution in [1.29, 1.82) is 0 Å². The van der Waals surface area contributed by atoms with E-state index in [-0.39, 0.29) is 30.1 Å². The highest BCUT2D eigenvalue weighted by Gasteiger charge is 2.48. The first-order valence-electron chi connectivity index (χ1n) is 7.61. The van der Waals surface area contributed by atoms with E-state index >= 15 is 0 Å². The Bertz CT molecular complexity index is 452. The summed E-state index contributed by atoms with van der Waals surface area (Å²) in [4.78, 5) is 26.4. The first-order valence-corrected chi connectivity index (χ1v) is 7.97. The predicted molar refractivity (Wildman–Crippen MR) is 81.0 cm³/mol. The molecule has 0 aliphatic carbocycles. The third kappa shape index (κ3) is 2.78. The van der Waals surface area contributed by atoms with Gasteiger partial charge in [0.05, 0.1) is 18.2 Å². The van der Waals surface area contributed by atoms with Crippen molar-refractivity contribution in [2.45, 2.75) is 43.5 Å². The van der Waals surface area contributed by atoms with Crippen LogP contribution in [0.25, 0.3) is 0 Å². The van der Waals surface area contributed by atoms with E-state index < -0.39 is 6.04 Å². The van der Waals surface area contributed by atoms with Crippen LogP contribution in [0.3, 0.4) is 0 Å². The molecule has 3 saturated heterocycles. The summed E-state index contributed by atoms with van der Waals surface area (Å²) < 4.78 is 10.2. The van der Waals surface area contributed by atoms with E-state index in [0.29, 0.717) is 13.0 Å². The minimum atomic E-state index is -0.440. The normalized spacial score (nSPS) is 34.9. The van der Waals surface area contributed by atoms with Crippen molar-refractivity contribution in [3.8, 4) is 0 Å². The van der Waals surface area contributed by atoms with E-state index in [9.17, 15) is 9.59 Å². The van der Waals surface area contributed by atoms with Gasteiger partial charge in [-0.25, -0.2) is 9.08 Å². The Kier molecular flexibility index (Phi) is 4.76. The van der Waals surface area contributed by atoms with Crippen LogP contribution in [0.5, 0.6) is 0 Å². The summed E-state index contributed by atoms with van der Waals surface area (Å²) in [5, 5.41) is 7.54. The van der Waals surface area contributed by atoms with Crippen molar-refractivity contribution in [2.75, 3.05) is 26.7 Å². The quantitative estimate of drug-likeness (QED) is 0.479. The minimum Gasteiger partial charge on any atom is -0.378 e. The molecule has 0 aromatic rings. The van der Waals surface area contributed by atoms with Gasteiger partial charge in [0.15, 0.2) is 0 Å². The van der Waals surface area contributed by atoms with Gasteiger partial charge in [0.25, 0.3) is 0 Å². The van der Waals surface area contributed by atoms with Gasteiger partial charge in [-0.1, -0.05) is 0 Å². The number of fused-ring (bicyclic) bond motifs is 2. The third-order valence-electron chi connectivity index (χ3n) is 4.77. The van der Waals surface area contributed by atoms with E-state index in [0.717, 1.165) is 25.9 Å². The predicted octanol–water partition coefficient (Wildman–Crippen LogP) is -0.475. The smallest absolute Gasteiger partial charge is 0.345 e. The molecule has 2 bridgehead atoms. The molecule has 2 N–H and O–H groups in total. The molecule has 3 amide bonds. The Hall–Kier alpha value is -1.03. The zero-order chi connectivity index (χ0) is 15.7. The van der Waals surface area contributed by atoms with Crippen LogP contribution in [-0.2, 0) is 13.8 Å². The van der Waals surface area contributed by atoms with Gasteiger partial charge in [-0.3, -0.25) is 4.79 Å². The van der Waals surface area contributed by atoms with E-state index in [1.54, 1.807) is 12.0 Å². The largest absolute Gasteiger partial charge is 0.378 e. The van der Waals surface area contributed by atoms with Gasteiger partial charge >= 0.3 is 6.03 Å². The average molecular weight is 330 g/mol. The van der Waals surface area contributed by atoms with Gasteiger partial charge in [0.1, 0.15) is 6.04 Å². The number of nitrogens with zero attached hydrogens (tertiary/aromatic N) is 2. The molecule has 9 heteroatoms. The fourth-order valence-corrected chi connectivity index (χ4v) is 3.74. The maximum Gasteiger partial charge on any atom is 0.345 e. The molecule has 3 rings (SSSR count). The van der Waals surface area contributed by atoms with E-state index in [1.165, 1.54) is 5.06 Å². The number of nitrogens with one attached hydrogen (secondary N) is 2. The Labute approximate surface area is 135 Å². The molecule has 0 saturated carbocycles. The maximum absolute atomic E-state index is 12.6. The molecule has 4 atom stereocenters. The lowest BCUT2D eigenvalue weighted by atomic mass is 9.98. The summed E-state index contributed by atoms with van der Waals surface area (Å²) in [7, 11) is 1.65. The lowest BCUT2D eigenvalue weighted by Crippen LogP contribution is -2.58. The molecule has 3 heterocycles. The number of carbonyl (C=O) groups excluding carboxylic acids is 2. The molecule has 3 aliphatic heterocycles. The second kappa shape index (κ2) is 6.61. The number of hydrogen-bond donors (Lipinski definition) is 3. The fraction of sp³-hybridized carbons (Fsp3) is 0.846. The van der Waals surface area contributed by atoms with Crippen LogP contribution in [0, 0.1) is 0 Å². The van der Waals surface area contributed by atoms with Crippen molar-refractivity contribution >= 4 is 24.8 Å². The highest BCUT2D eigenvalue weighted by Crippen LogP contribution is 2.30. The summed E-state index contributed by atoms with van der Waals surface area (Å²) in [5.74, 6) is -0.109. The summed E-state index contributed by atoms with van der Waals surface area (Å²) in [6.07, 6.45) is 2.15. The second-order valence-corrected chi connectivity index (χ2v) is 6.13. The highest BCUT2D eigenvalue weighted by molar-refractivity contribution is 7.75. The number of ether oxygens (including phenoxy) is 1. The number of urea groups is 1. The lowest BCUT2D eigenvalue weighted by Gasteiger charge is -2.35. The number of amides is 3. The molecular formula is C13H22N4O4S. The van der Waals surface area contributed by atoms with Gasteiger partial charge in [-0.2, -0.15) is 5.06 Å². The first-order chi connectivity index (χ1) is 10.7. The Morgan fingerprint density at radius 2 is 2.23 bits per heavy atom. The molecule has 3 aliphatic rings. The standard InChI is InChI=1S/C13H22N4O4S/c1-20-11-6-14-5-4-9(11)15-12(18)10-3-2-8-7-16(10)13(19)17(8)21-22/h8-11,14,22H,2-7H2,1H3,(H,15,18)/t8-,9-,10+,11-/m1/s1. The van der Waals surface area contributed by atoms with Crippen LogP contribution in [0.1, 0.15) is 19.3 Å². The molecular weight excluding hydrogens is 308 g/mol. The Balaban J connectivity index is 1.64. The molecule has 3 fully saturated rings. The Morgan fingerprint density at radius 1 is 1.41 bits per heavy atom. The summed E-state index contributed by atoms with van der Waals surface area (Å²) in [6.45, 7) is 2.08. The zero-order valence-electron chi connectivity index (χ0n) is 12.5. The summed E-state index contributed by atoms with van der Waals surface area (Å²) >= 11 is 3.72. The Morgan fingerprint density at radius 3 is 2.95 bits per heavy atom. The van der Waals surface area contributed by atoms with Gasteiger partial charge in [-0.05, 0) is 25.8 Å². The number of hydroxylamine groups is 2. The van der Waals surface area contributed by atoms with Crippen LogP contribution < -0.4 is 10.6 Å². The second-order valence-electron chi connectivity index (χ2n) is 5.97. The van der Waals surface area contributed by atoms with Gasteiger partial charge in [-0.15, -0.1) is 0 Å². The molecule has 0 aromatic heterocycles. The van der Waals surface area contributed by atoms with Crippen molar-refractivity contribution in [2.24, 2.45) is 0 Å². The maximum atomic E-state index is 12.6. The number of piperidine rings is 2. The van der Waals surface area contributed by atoms with E-state index in [2.05, 4.69) is 23.5 Å². The number of hydrogen-bond acceptors (Lipinski definition) is 6. The van der Waals surface area contributed by atoms with Crippen molar-refractivity contribution < 1.29 is 18.6 Å². The molecule has 22 heavy (non-hydrogen) atoms. The van der Waals surface area contributed by atoms with Crippen LogP contribution in [0.2, 0.25) is 0 Å². The van der Waals surface area contributed by atoms with E-state index in [1.807, 2.05) is 0 Å². The van der Waals surface area contributed by atoms with Crippen molar-refractivity contribution in [1.82, 2.24) is 20.6 Å². The minimum absolute atomic E-state index is 0.0142. The SMILES string of the molecule is CO[C@@H]1CNCC[C@H]1NC(=O)[C@@H]1CC[C@@H]2CN1C(=O)N2OS.